The van der Waals surface area contributed by atoms with Gasteiger partial charge in [0.15, 0.2) is 0 Å². The van der Waals surface area contributed by atoms with Crippen LogP contribution in [0.2, 0.25) is 0 Å². The minimum absolute atomic E-state index is 0.664. The van der Waals surface area contributed by atoms with Gasteiger partial charge in [-0.3, -0.25) is 4.99 Å². The fourth-order valence-electron chi connectivity index (χ4n) is 0.995. The first kappa shape index (κ1) is 12.6. The van der Waals surface area contributed by atoms with E-state index < -0.39 is 0 Å². The topological polar surface area (TPSA) is 15.6 Å². The number of rotatable bonds is 5. The predicted octanol–water partition coefficient (Wildman–Crippen LogP) is 0.925. The Hall–Kier alpha value is -0.356. The molecule has 0 heterocycles. The van der Waals surface area contributed by atoms with Gasteiger partial charge in [-0.2, -0.15) is 0 Å². The first-order valence-corrected chi connectivity index (χ1v) is 5.79. The number of hydrogen-bond acceptors (Lipinski definition) is 2. The Labute approximate surface area is 88.0 Å². The molecule has 0 saturated heterocycles. The zero-order valence-electron chi connectivity index (χ0n) is 8.59. The van der Waals surface area contributed by atoms with Crippen LogP contribution in [-0.4, -0.2) is 50.5 Å². The van der Waals surface area contributed by atoms with Crippen molar-refractivity contribution in [3.8, 4) is 0 Å². The van der Waals surface area contributed by atoms with E-state index in [0.717, 1.165) is 18.3 Å². The normalized spacial score (nSPS) is 13.3. The Morgan fingerprint density at radius 3 is 2.46 bits per heavy atom. The third-order valence-corrected chi connectivity index (χ3v) is 2.43. The van der Waals surface area contributed by atoms with Crippen molar-refractivity contribution >= 4 is 26.2 Å². The summed E-state index contributed by atoms with van der Waals surface area (Å²) in [6, 6.07) is 0. The first-order valence-electron chi connectivity index (χ1n) is 4.37. The van der Waals surface area contributed by atoms with E-state index in [-0.39, 0.29) is 0 Å². The highest BCUT2D eigenvalue weighted by Crippen LogP contribution is 2.05. The van der Waals surface area contributed by atoms with E-state index in [2.05, 4.69) is 50.4 Å². The lowest BCUT2D eigenvalue weighted by atomic mass is 10.2. The van der Waals surface area contributed by atoms with E-state index in [4.69, 9.17) is 0 Å². The second kappa shape index (κ2) is 7.09. The van der Waals surface area contributed by atoms with Gasteiger partial charge in [-0.25, -0.2) is 0 Å². The molecule has 13 heavy (non-hydrogen) atoms. The first-order chi connectivity index (χ1) is 6.15. The lowest BCUT2D eigenvalue weighted by Gasteiger charge is -2.19. The zero-order valence-corrected chi connectivity index (χ0v) is 10.6. The van der Waals surface area contributed by atoms with Gasteiger partial charge < -0.3 is 4.90 Å². The number of nitrogens with zero attached hydrogens (tertiary/aromatic N) is 2. The highest BCUT2D eigenvalue weighted by molar-refractivity contribution is 6.10. The highest BCUT2D eigenvalue weighted by atomic mass is 28.1. The molecule has 0 saturated carbocycles. The van der Waals surface area contributed by atoms with Crippen molar-refractivity contribution in [3.05, 3.63) is 11.8 Å². The summed E-state index contributed by atoms with van der Waals surface area (Å²) in [5.74, 6) is 0. The van der Waals surface area contributed by atoms with Crippen molar-refractivity contribution in [2.75, 3.05) is 19.4 Å². The van der Waals surface area contributed by atoms with Gasteiger partial charge in [0, 0.05) is 30.8 Å². The van der Waals surface area contributed by atoms with Gasteiger partial charge in [0.2, 0.25) is 0 Å². The van der Waals surface area contributed by atoms with Gasteiger partial charge in [0.25, 0.3) is 0 Å². The third-order valence-electron chi connectivity index (χ3n) is 1.79. The van der Waals surface area contributed by atoms with Crippen LogP contribution in [0.3, 0.4) is 0 Å². The largest absolute Gasteiger partial charge is 0.382 e. The van der Waals surface area contributed by atoms with Gasteiger partial charge in [0.05, 0.1) is 20.5 Å². The molecule has 0 rings (SSSR count). The molecule has 0 aliphatic heterocycles. The van der Waals surface area contributed by atoms with Crippen LogP contribution in [0.15, 0.2) is 16.8 Å². The Morgan fingerprint density at radius 2 is 2.08 bits per heavy atom. The molecule has 6 radical (unpaired) electrons. The molecule has 4 heteroatoms. The molecule has 0 amide bonds. The Bertz CT molecular complexity index is 200. The van der Waals surface area contributed by atoms with Crippen LogP contribution in [0.5, 0.6) is 0 Å². The lowest BCUT2D eigenvalue weighted by molar-refractivity contribution is 0.472. The summed E-state index contributed by atoms with van der Waals surface area (Å²) in [6.45, 7) is 4.16. The van der Waals surface area contributed by atoms with Crippen LogP contribution in [0.4, 0.5) is 0 Å². The second-order valence-electron chi connectivity index (χ2n) is 2.80. The molecule has 0 aliphatic rings. The maximum atomic E-state index is 4.24. The molecule has 0 aliphatic carbocycles. The van der Waals surface area contributed by atoms with Crippen molar-refractivity contribution in [2.45, 2.75) is 20.3 Å². The summed E-state index contributed by atoms with van der Waals surface area (Å²) in [5, 5.41) is 0. The maximum absolute atomic E-state index is 4.24. The molecule has 0 bridgehead atoms. The highest BCUT2D eigenvalue weighted by Gasteiger charge is 1.99. The van der Waals surface area contributed by atoms with Gasteiger partial charge in [0.1, 0.15) is 0 Å². The molecule has 0 fully saturated rings. The van der Waals surface area contributed by atoms with Crippen molar-refractivity contribution in [1.29, 1.82) is 0 Å². The summed E-state index contributed by atoms with van der Waals surface area (Å²) in [4.78, 5) is 6.40. The fraction of sp³-hybridized carbons (Fsp3) is 0.667. The zero-order chi connectivity index (χ0) is 10.3. The second-order valence-corrected chi connectivity index (χ2v) is 3.44. The average Bonchev–Trinajstić information content (AvgIpc) is 2.13. The summed E-state index contributed by atoms with van der Waals surface area (Å²) in [7, 11) is 8.85. The molecule has 70 valence electrons. The van der Waals surface area contributed by atoms with Crippen LogP contribution < -0.4 is 0 Å². The summed E-state index contributed by atoms with van der Waals surface area (Å²) in [6.07, 6.45) is 4.65. The van der Waals surface area contributed by atoms with Crippen LogP contribution in [0, 0.1) is 0 Å². The fourth-order valence-corrected chi connectivity index (χ4v) is 1.45. The summed E-state index contributed by atoms with van der Waals surface area (Å²) >= 11 is 0. The van der Waals surface area contributed by atoms with Crippen LogP contribution in [-0.2, 0) is 0 Å². The molecule has 0 atom stereocenters. The van der Waals surface area contributed by atoms with Gasteiger partial charge in [-0.15, -0.1) is 0 Å². The lowest BCUT2D eigenvalue weighted by Crippen LogP contribution is -2.19. The average molecular weight is 208 g/mol. The number of hydrogen-bond donors (Lipinski definition) is 0. The monoisotopic (exact) mass is 208 g/mol. The summed E-state index contributed by atoms with van der Waals surface area (Å²) in [5.41, 5.74) is 2.34. The van der Waals surface area contributed by atoms with Crippen molar-refractivity contribution in [3.63, 3.8) is 0 Å². The van der Waals surface area contributed by atoms with E-state index in [0.29, 0.717) is 6.17 Å². The van der Waals surface area contributed by atoms with E-state index >= 15 is 0 Å². The Morgan fingerprint density at radius 1 is 1.46 bits per heavy atom. The van der Waals surface area contributed by atoms with Crippen LogP contribution in [0.1, 0.15) is 20.3 Å². The minimum Gasteiger partial charge on any atom is -0.382 e. The van der Waals surface area contributed by atoms with E-state index in [1.54, 1.807) is 0 Å². The molecular weight excluding hydrogens is 192 g/mol. The van der Waals surface area contributed by atoms with Crippen molar-refractivity contribution in [2.24, 2.45) is 4.99 Å². The molecule has 2 nitrogen and oxygen atoms in total. The minimum atomic E-state index is 0.664. The Kier molecular flexibility index (Phi) is 6.89. The molecule has 0 aromatic heterocycles. The molecule has 0 spiro atoms. The standard InChI is InChI=1S/C9H16N2Si2/c1-4-9(11(3)7-13)5-8(2)10-6-12/h5H,4,6-7H2,1-3H3/b9-5-,10-8+. The van der Waals surface area contributed by atoms with Crippen molar-refractivity contribution in [1.82, 2.24) is 4.90 Å². The summed E-state index contributed by atoms with van der Waals surface area (Å²) < 4.78 is 0. The number of allylic oxidation sites excluding steroid dienone is 2. The van der Waals surface area contributed by atoms with Crippen LogP contribution >= 0.6 is 0 Å². The molecular formula is C9H16N2Si2. The third kappa shape index (κ3) is 5.05. The predicted molar refractivity (Wildman–Crippen MR) is 60.5 cm³/mol. The molecule has 0 N–H and O–H groups in total. The maximum Gasteiger partial charge on any atom is 0.0542 e. The van der Waals surface area contributed by atoms with E-state index in [9.17, 15) is 0 Å². The Balaban J connectivity index is 4.46. The molecule has 0 aromatic carbocycles. The smallest absolute Gasteiger partial charge is 0.0542 e. The van der Waals surface area contributed by atoms with Gasteiger partial charge in [-0.1, -0.05) is 6.92 Å². The SMILES string of the molecule is CC/C(=C/C(C)=N/C[Si])N(C)C[Si]. The van der Waals surface area contributed by atoms with E-state index in [1.165, 1.54) is 5.70 Å². The molecule has 0 unspecified atom stereocenters. The van der Waals surface area contributed by atoms with Gasteiger partial charge >= 0.3 is 0 Å². The van der Waals surface area contributed by atoms with E-state index in [1.807, 2.05) is 6.92 Å². The van der Waals surface area contributed by atoms with Crippen LogP contribution in [0.25, 0.3) is 0 Å². The van der Waals surface area contributed by atoms with Crippen molar-refractivity contribution < 1.29 is 0 Å². The van der Waals surface area contributed by atoms with Gasteiger partial charge in [-0.05, 0) is 19.4 Å². The molecule has 0 aromatic rings. The number of aliphatic imine (C=N–C) groups is 1. The quantitative estimate of drug-likeness (QED) is 0.485.